The molecule has 0 bridgehead atoms. The zero-order valence-corrected chi connectivity index (χ0v) is 9.63. The molecule has 92 valence electrons. The van der Waals surface area contributed by atoms with Crippen LogP contribution >= 0.6 is 11.6 Å². The minimum absolute atomic E-state index is 0.0164. The van der Waals surface area contributed by atoms with Gasteiger partial charge in [-0.2, -0.15) is 0 Å². The predicted octanol–water partition coefficient (Wildman–Crippen LogP) is 2.07. The molecule has 17 heavy (non-hydrogen) atoms. The zero-order valence-electron chi connectivity index (χ0n) is 8.87. The second-order valence-corrected chi connectivity index (χ2v) is 3.78. The van der Waals surface area contributed by atoms with Gasteiger partial charge in [0.15, 0.2) is 0 Å². The summed E-state index contributed by atoms with van der Waals surface area (Å²) in [6.07, 6.45) is 0.317. The fourth-order valence-corrected chi connectivity index (χ4v) is 1.46. The number of halogens is 2. The second kappa shape index (κ2) is 6.20. The van der Waals surface area contributed by atoms with Crippen LogP contribution in [0.25, 0.3) is 0 Å². The topological polar surface area (TPSA) is 66.4 Å². The molecule has 0 fully saturated rings. The summed E-state index contributed by atoms with van der Waals surface area (Å²) in [5.74, 6) is -1.88. The van der Waals surface area contributed by atoms with Crippen molar-refractivity contribution in [2.24, 2.45) is 0 Å². The largest absolute Gasteiger partial charge is 0.481 e. The van der Waals surface area contributed by atoms with Crippen LogP contribution in [0.4, 0.5) is 4.39 Å². The Bertz CT molecular complexity index is 437. The van der Waals surface area contributed by atoms with Crippen molar-refractivity contribution < 1.29 is 19.1 Å². The van der Waals surface area contributed by atoms with Gasteiger partial charge in [-0.3, -0.25) is 9.59 Å². The first-order valence-electron chi connectivity index (χ1n) is 4.95. The van der Waals surface area contributed by atoms with Crippen LogP contribution in [0.3, 0.4) is 0 Å². The summed E-state index contributed by atoms with van der Waals surface area (Å²) in [5, 5.41) is 10.9. The first-order valence-corrected chi connectivity index (χ1v) is 5.33. The monoisotopic (exact) mass is 259 g/mol. The van der Waals surface area contributed by atoms with Crippen molar-refractivity contribution >= 4 is 23.5 Å². The van der Waals surface area contributed by atoms with E-state index in [2.05, 4.69) is 5.32 Å². The lowest BCUT2D eigenvalue weighted by Gasteiger charge is -2.05. The van der Waals surface area contributed by atoms with Gasteiger partial charge in [-0.15, -0.1) is 0 Å². The van der Waals surface area contributed by atoms with Gasteiger partial charge in [-0.05, 0) is 24.6 Å². The summed E-state index contributed by atoms with van der Waals surface area (Å²) in [7, 11) is 0. The lowest BCUT2D eigenvalue weighted by molar-refractivity contribution is -0.137. The highest BCUT2D eigenvalue weighted by Crippen LogP contribution is 2.16. The molecule has 0 aliphatic rings. The van der Waals surface area contributed by atoms with Gasteiger partial charge in [0.05, 0.1) is 10.6 Å². The van der Waals surface area contributed by atoms with Crippen LogP contribution in [0.15, 0.2) is 18.2 Å². The number of aliphatic carboxylic acids is 1. The van der Waals surface area contributed by atoms with E-state index in [4.69, 9.17) is 16.7 Å². The highest BCUT2D eigenvalue weighted by atomic mass is 35.5. The molecule has 0 unspecified atom stereocenters. The smallest absolute Gasteiger partial charge is 0.303 e. The van der Waals surface area contributed by atoms with E-state index in [9.17, 15) is 14.0 Å². The Morgan fingerprint density at radius 2 is 2.12 bits per heavy atom. The molecule has 0 saturated heterocycles. The average molecular weight is 260 g/mol. The average Bonchev–Trinajstić information content (AvgIpc) is 2.23. The molecule has 0 aliphatic carbocycles. The molecular weight excluding hydrogens is 249 g/mol. The molecule has 0 atom stereocenters. The predicted molar refractivity (Wildman–Crippen MR) is 60.6 cm³/mol. The molecule has 0 radical (unpaired) electrons. The number of carboxylic acid groups (broad SMARTS) is 1. The van der Waals surface area contributed by atoms with Crippen molar-refractivity contribution in [1.82, 2.24) is 5.32 Å². The lowest BCUT2D eigenvalue weighted by atomic mass is 10.2. The van der Waals surface area contributed by atoms with Crippen molar-refractivity contribution in [2.75, 3.05) is 6.54 Å². The number of nitrogens with one attached hydrogen (secondary N) is 1. The number of carbonyl (C=O) groups excluding carboxylic acids is 1. The number of hydrogen-bond donors (Lipinski definition) is 2. The molecule has 1 aromatic rings. The van der Waals surface area contributed by atoms with Crippen LogP contribution in [-0.4, -0.2) is 23.5 Å². The number of carboxylic acids is 1. The van der Waals surface area contributed by atoms with Crippen molar-refractivity contribution in [2.45, 2.75) is 12.8 Å². The Morgan fingerprint density at radius 3 is 2.71 bits per heavy atom. The summed E-state index contributed by atoms with van der Waals surface area (Å²) in [4.78, 5) is 21.8. The van der Waals surface area contributed by atoms with Crippen LogP contribution < -0.4 is 5.32 Å². The fourth-order valence-electron chi connectivity index (χ4n) is 1.21. The quantitative estimate of drug-likeness (QED) is 0.796. The molecule has 0 aliphatic heterocycles. The maximum absolute atomic E-state index is 12.7. The van der Waals surface area contributed by atoms with Crippen LogP contribution in [0.1, 0.15) is 23.2 Å². The third-order valence-corrected chi connectivity index (χ3v) is 2.34. The van der Waals surface area contributed by atoms with Crippen LogP contribution in [-0.2, 0) is 4.79 Å². The summed E-state index contributed by atoms with van der Waals surface area (Å²) in [5.41, 5.74) is 0.170. The molecule has 0 aromatic heterocycles. The maximum Gasteiger partial charge on any atom is 0.303 e. The van der Waals surface area contributed by atoms with E-state index in [-0.39, 0.29) is 23.6 Å². The van der Waals surface area contributed by atoms with Gasteiger partial charge in [0.2, 0.25) is 0 Å². The highest BCUT2D eigenvalue weighted by Gasteiger charge is 2.10. The van der Waals surface area contributed by atoms with E-state index in [0.717, 1.165) is 12.1 Å². The first-order chi connectivity index (χ1) is 8.00. The minimum atomic E-state index is -0.918. The molecule has 1 aromatic carbocycles. The molecule has 6 heteroatoms. The molecule has 1 rings (SSSR count). The Kier molecular flexibility index (Phi) is 4.90. The Balaban J connectivity index is 2.50. The third-order valence-electron chi connectivity index (χ3n) is 2.03. The van der Waals surface area contributed by atoms with Gasteiger partial charge in [0, 0.05) is 13.0 Å². The molecule has 0 heterocycles. The molecule has 0 saturated carbocycles. The van der Waals surface area contributed by atoms with Crippen molar-refractivity contribution in [3.05, 3.63) is 34.6 Å². The highest BCUT2D eigenvalue weighted by molar-refractivity contribution is 6.33. The van der Waals surface area contributed by atoms with Crippen LogP contribution in [0.2, 0.25) is 5.02 Å². The zero-order chi connectivity index (χ0) is 12.8. The van der Waals surface area contributed by atoms with Crippen molar-refractivity contribution in [3.63, 3.8) is 0 Å². The van der Waals surface area contributed by atoms with Crippen LogP contribution in [0.5, 0.6) is 0 Å². The number of rotatable bonds is 5. The Hall–Kier alpha value is -1.62. The van der Waals surface area contributed by atoms with E-state index in [1.54, 1.807) is 0 Å². The SMILES string of the molecule is O=C(O)CCCNC(=O)c1ccc(F)cc1Cl. The van der Waals surface area contributed by atoms with Crippen molar-refractivity contribution in [3.8, 4) is 0 Å². The van der Waals surface area contributed by atoms with Gasteiger partial charge in [0.1, 0.15) is 5.82 Å². The molecule has 2 N–H and O–H groups in total. The maximum atomic E-state index is 12.7. The van der Waals surface area contributed by atoms with Gasteiger partial charge >= 0.3 is 5.97 Å². The second-order valence-electron chi connectivity index (χ2n) is 3.38. The molecule has 0 spiro atoms. The Morgan fingerprint density at radius 1 is 1.41 bits per heavy atom. The summed E-state index contributed by atoms with van der Waals surface area (Å²) < 4.78 is 12.7. The number of carbonyl (C=O) groups is 2. The normalized spacial score (nSPS) is 10.0. The minimum Gasteiger partial charge on any atom is -0.481 e. The van der Waals surface area contributed by atoms with E-state index in [0.29, 0.717) is 6.42 Å². The van der Waals surface area contributed by atoms with E-state index in [1.807, 2.05) is 0 Å². The van der Waals surface area contributed by atoms with Crippen LogP contribution in [0, 0.1) is 5.82 Å². The summed E-state index contributed by atoms with van der Waals surface area (Å²) in [6, 6.07) is 3.47. The first kappa shape index (κ1) is 13.4. The summed E-state index contributed by atoms with van der Waals surface area (Å²) >= 11 is 5.69. The Labute approximate surface area is 102 Å². The van der Waals surface area contributed by atoms with E-state index in [1.165, 1.54) is 6.07 Å². The van der Waals surface area contributed by atoms with Gasteiger partial charge in [0.25, 0.3) is 5.91 Å². The van der Waals surface area contributed by atoms with Gasteiger partial charge < -0.3 is 10.4 Å². The molecule has 1 amide bonds. The van der Waals surface area contributed by atoms with Crippen molar-refractivity contribution in [1.29, 1.82) is 0 Å². The summed E-state index contributed by atoms with van der Waals surface area (Å²) in [6.45, 7) is 0.235. The molecule has 4 nitrogen and oxygen atoms in total. The van der Waals surface area contributed by atoms with E-state index >= 15 is 0 Å². The molecular formula is C11H11ClFNO3. The fraction of sp³-hybridized carbons (Fsp3) is 0.273. The number of hydrogen-bond acceptors (Lipinski definition) is 2. The number of amides is 1. The van der Waals surface area contributed by atoms with Gasteiger partial charge in [-0.1, -0.05) is 11.6 Å². The lowest BCUT2D eigenvalue weighted by Crippen LogP contribution is -2.25. The number of benzene rings is 1. The van der Waals surface area contributed by atoms with E-state index < -0.39 is 17.7 Å². The standard InChI is InChI=1S/C11H11ClFNO3/c12-9-6-7(13)3-4-8(9)11(17)14-5-1-2-10(15)16/h3-4,6H,1-2,5H2,(H,14,17)(H,15,16). The third kappa shape index (κ3) is 4.40. The van der Waals surface area contributed by atoms with Gasteiger partial charge in [-0.25, -0.2) is 4.39 Å².